The molecular formula is C17H15ClN2O. The molecule has 0 bridgehead atoms. The van der Waals surface area contributed by atoms with Gasteiger partial charge >= 0.3 is 0 Å². The van der Waals surface area contributed by atoms with Crippen molar-refractivity contribution in [3.8, 4) is 0 Å². The third-order valence-corrected chi connectivity index (χ3v) is 3.82. The minimum Gasteiger partial charge on any atom is -0.348 e. The number of carbonyl (C=O) groups is 1. The topological polar surface area (TPSA) is 41.5 Å². The van der Waals surface area contributed by atoms with Gasteiger partial charge in [0.1, 0.15) is 0 Å². The van der Waals surface area contributed by atoms with Gasteiger partial charge in [0, 0.05) is 28.4 Å². The van der Waals surface area contributed by atoms with E-state index >= 15 is 0 Å². The second-order valence-corrected chi connectivity index (χ2v) is 5.52. The summed E-state index contributed by atoms with van der Waals surface area (Å²) in [6.45, 7) is 3.12. The van der Waals surface area contributed by atoms with E-state index in [2.05, 4.69) is 10.3 Å². The SMILES string of the molecule is CC1=NCc2cc(C(=O)NCc3cccc(Cl)c3)ccc21. The van der Waals surface area contributed by atoms with Gasteiger partial charge in [-0.15, -0.1) is 0 Å². The van der Waals surface area contributed by atoms with Crippen molar-refractivity contribution in [3.05, 3.63) is 69.7 Å². The smallest absolute Gasteiger partial charge is 0.251 e. The first kappa shape index (κ1) is 13.8. The highest BCUT2D eigenvalue weighted by Crippen LogP contribution is 2.20. The molecule has 0 radical (unpaired) electrons. The number of halogens is 1. The van der Waals surface area contributed by atoms with Crippen molar-refractivity contribution in [3.63, 3.8) is 0 Å². The van der Waals surface area contributed by atoms with Crippen LogP contribution in [0.1, 0.15) is 34.0 Å². The first-order valence-electron chi connectivity index (χ1n) is 6.80. The van der Waals surface area contributed by atoms with Crippen molar-refractivity contribution in [1.29, 1.82) is 0 Å². The highest BCUT2D eigenvalue weighted by atomic mass is 35.5. The number of fused-ring (bicyclic) bond motifs is 1. The van der Waals surface area contributed by atoms with Crippen LogP contribution in [-0.2, 0) is 13.1 Å². The lowest BCUT2D eigenvalue weighted by atomic mass is 10.0. The van der Waals surface area contributed by atoms with Crippen LogP contribution in [0.4, 0.5) is 0 Å². The van der Waals surface area contributed by atoms with Crippen LogP contribution in [0.3, 0.4) is 0 Å². The van der Waals surface area contributed by atoms with Crippen LogP contribution in [-0.4, -0.2) is 11.6 Å². The number of benzene rings is 2. The summed E-state index contributed by atoms with van der Waals surface area (Å²) in [4.78, 5) is 16.6. The Hall–Kier alpha value is -2.13. The summed E-state index contributed by atoms with van der Waals surface area (Å²) in [5, 5.41) is 3.58. The van der Waals surface area contributed by atoms with E-state index in [-0.39, 0.29) is 5.91 Å². The number of aliphatic imine (C=N–C) groups is 1. The highest BCUT2D eigenvalue weighted by Gasteiger charge is 2.14. The van der Waals surface area contributed by atoms with Gasteiger partial charge in [0.05, 0.1) is 6.54 Å². The fourth-order valence-electron chi connectivity index (χ4n) is 2.44. The molecule has 0 saturated heterocycles. The third-order valence-electron chi connectivity index (χ3n) is 3.59. The van der Waals surface area contributed by atoms with Gasteiger partial charge < -0.3 is 5.32 Å². The van der Waals surface area contributed by atoms with Crippen molar-refractivity contribution in [2.45, 2.75) is 20.0 Å². The molecule has 0 fully saturated rings. The number of amides is 1. The number of nitrogens with zero attached hydrogens (tertiary/aromatic N) is 1. The molecule has 4 heteroatoms. The number of hydrogen-bond acceptors (Lipinski definition) is 2. The Morgan fingerprint density at radius 2 is 2.14 bits per heavy atom. The van der Waals surface area contributed by atoms with Crippen molar-refractivity contribution >= 4 is 23.2 Å². The Morgan fingerprint density at radius 3 is 2.95 bits per heavy atom. The van der Waals surface area contributed by atoms with Crippen molar-refractivity contribution in [2.75, 3.05) is 0 Å². The number of carbonyl (C=O) groups excluding carboxylic acids is 1. The lowest BCUT2D eigenvalue weighted by molar-refractivity contribution is 0.0951. The molecule has 1 N–H and O–H groups in total. The Balaban J connectivity index is 1.69. The summed E-state index contributed by atoms with van der Waals surface area (Å²) >= 11 is 5.93. The molecule has 0 aliphatic carbocycles. The largest absolute Gasteiger partial charge is 0.348 e. The monoisotopic (exact) mass is 298 g/mol. The molecule has 0 aromatic heterocycles. The van der Waals surface area contributed by atoms with Crippen LogP contribution in [0.15, 0.2) is 47.5 Å². The van der Waals surface area contributed by atoms with E-state index in [9.17, 15) is 4.79 Å². The molecule has 0 unspecified atom stereocenters. The van der Waals surface area contributed by atoms with Crippen LogP contribution in [0, 0.1) is 0 Å². The van der Waals surface area contributed by atoms with Crippen molar-refractivity contribution in [1.82, 2.24) is 5.32 Å². The minimum absolute atomic E-state index is 0.0812. The van der Waals surface area contributed by atoms with E-state index in [1.54, 1.807) is 0 Å². The summed E-state index contributed by atoms with van der Waals surface area (Å²) in [6, 6.07) is 13.2. The molecule has 21 heavy (non-hydrogen) atoms. The predicted molar refractivity (Wildman–Crippen MR) is 85.0 cm³/mol. The highest BCUT2D eigenvalue weighted by molar-refractivity contribution is 6.30. The molecule has 1 amide bonds. The zero-order valence-electron chi connectivity index (χ0n) is 11.7. The summed E-state index contributed by atoms with van der Waals surface area (Å²) in [5.41, 5.74) is 4.94. The molecule has 1 aliphatic rings. The Morgan fingerprint density at radius 1 is 1.29 bits per heavy atom. The number of hydrogen-bond donors (Lipinski definition) is 1. The maximum atomic E-state index is 12.2. The van der Waals surface area contributed by atoms with Crippen LogP contribution in [0.5, 0.6) is 0 Å². The van der Waals surface area contributed by atoms with Crippen molar-refractivity contribution in [2.24, 2.45) is 4.99 Å². The predicted octanol–water partition coefficient (Wildman–Crippen LogP) is 3.59. The van der Waals surface area contributed by atoms with Gasteiger partial charge in [-0.1, -0.05) is 29.8 Å². The summed E-state index contributed by atoms with van der Waals surface area (Å²) in [5.74, 6) is -0.0812. The van der Waals surface area contributed by atoms with Gasteiger partial charge in [0.15, 0.2) is 0 Å². The molecule has 1 heterocycles. The van der Waals surface area contributed by atoms with Crippen LogP contribution in [0.2, 0.25) is 5.02 Å². The number of nitrogens with one attached hydrogen (secondary N) is 1. The zero-order valence-corrected chi connectivity index (χ0v) is 12.4. The zero-order chi connectivity index (χ0) is 14.8. The van der Waals surface area contributed by atoms with Gasteiger partial charge in [-0.2, -0.15) is 0 Å². The maximum absolute atomic E-state index is 12.2. The van der Waals surface area contributed by atoms with Crippen LogP contribution >= 0.6 is 11.6 Å². The van der Waals surface area contributed by atoms with Gasteiger partial charge in [-0.05, 0) is 42.3 Å². The average Bonchev–Trinajstić information content (AvgIpc) is 2.86. The van der Waals surface area contributed by atoms with E-state index in [1.807, 2.05) is 49.4 Å². The van der Waals surface area contributed by atoms with Gasteiger partial charge in [0.2, 0.25) is 0 Å². The van der Waals surface area contributed by atoms with Crippen LogP contribution in [0.25, 0.3) is 0 Å². The normalized spacial score (nSPS) is 12.8. The van der Waals surface area contributed by atoms with Gasteiger partial charge in [-0.25, -0.2) is 0 Å². The van der Waals surface area contributed by atoms with Crippen molar-refractivity contribution < 1.29 is 4.79 Å². The average molecular weight is 299 g/mol. The van der Waals surface area contributed by atoms with E-state index < -0.39 is 0 Å². The van der Waals surface area contributed by atoms with E-state index in [0.717, 1.165) is 22.4 Å². The van der Waals surface area contributed by atoms with Gasteiger partial charge in [-0.3, -0.25) is 9.79 Å². The first-order valence-corrected chi connectivity index (χ1v) is 7.18. The summed E-state index contributed by atoms with van der Waals surface area (Å²) in [7, 11) is 0. The molecule has 0 saturated carbocycles. The molecular weight excluding hydrogens is 284 g/mol. The Labute approximate surface area is 128 Å². The Bertz CT molecular complexity index is 737. The second-order valence-electron chi connectivity index (χ2n) is 5.09. The number of rotatable bonds is 3. The molecule has 3 nitrogen and oxygen atoms in total. The summed E-state index contributed by atoms with van der Waals surface area (Å²) < 4.78 is 0. The van der Waals surface area contributed by atoms with E-state index in [1.165, 1.54) is 0 Å². The lowest BCUT2D eigenvalue weighted by Gasteiger charge is -2.07. The standard InChI is InChI=1S/C17H15ClN2O/c1-11-16-6-5-13(8-14(16)10-19-11)17(21)20-9-12-3-2-4-15(18)7-12/h2-8H,9-10H2,1H3,(H,20,21). The second kappa shape index (κ2) is 5.70. The first-order chi connectivity index (χ1) is 10.1. The lowest BCUT2D eigenvalue weighted by Crippen LogP contribution is -2.23. The maximum Gasteiger partial charge on any atom is 0.251 e. The van der Waals surface area contributed by atoms with Crippen LogP contribution < -0.4 is 5.32 Å². The summed E-state index contributed by atoms with van der Waals surface area (Å²) in [6.07, 6.45) is 0. The molecule has 0 spiro atoms. The molecule has 3 rings (SSSR count). The van der Waals surface area contributed by atoms with E-state index in [4.69, 9.17) is 11.6 Å². The molecule has 2 aromatic rings. The minimum atomic E-state index is -0.0812. The molecule has 1 aliphatic heterocycles. The fraction of sp³-hybridized carbons (Fsp3) is 0.176. The molecule has 2 aromatic carbocycles. The fourth-order valence-corrected chi connectivity index (χ4v) is 2.65. The molecule has 106 valence electrons. The van der Waals surface area contributed by atoms with E-state index in [0.29, 0.717) is 23.7 Å². The Kier molecular flexibility index (Phi) is 3.76. The quantitative estimate of drug-likeness (QED) is 0.924. The third kappa shape index (κ3) is 2.98. The van der Waals surface area contributed by atoms with Gasteiger partial charge in [0.25, 0.3) is 5.91 Å². The molecule has 0 atom stereocenters.